The van der Waals surface area contributed by atoms with Crippen LogP contribution < -0.4 is 11.5 Å². The molecule has 20 rings (SSSR count). The summed E-state index contributed by atoms with van der Waals surface area (Å²) < 4.78 is 24.7. The van der Waals surface area contributed by atoms with E-state index in [4.69, 9.17) is 20.3 Å². The first-order chi connectivity index (χ1) is 43.7. The molecule has 0 saturated heterocycles. The van der Waals surface area contributed by atoms with Crippen LogP contribution in [0, 0.1) is 0 Å². The Hall–Kier alpha value is -9.04. The minimum absolute atomic E-state index is 0.281. The largest absolute Gasteiger partial charge is 0.456 e. The second-order valence-electron chi connectivity index (χ2n) is 23.3. The molecule has 0 bridgehead atoms. The van der Waals surface area contributed by atoms with E-state index in [1.54, 1.807) is 0 Å². The molecular formula is C78H55Br2N5O2S2. The summed E-state index contributed by atoms with van der Waals surface area (Å²) in [5.74, 6) is 0. The Balaban J connectivity index is 0.000000116. The number of H-pyrrole nitrogens is 1. The van der Waals surface area contributed by atoms with Crippen molar-refractivity contribution in [3.63, 3.8) is 0 Å². The van der Waals surface area contributed by atoms with Crippen LogP contribution in [0.4, 0.5) is 0 Å². The van der Waals surface area contributed by atoms with Crippen LogP contribution in [-0.4, -0.2) is 26.2 Å². The van der Waals surface area contributed by atoms with Gasteiger partial charge >= 0.3 is 0 Å². The van der Waals surface area contributed by atoms with Crippen molar-refractivity contribution in [2.45, 2.75) is 37.8 Å². The maximum absolute atomic E-state index is 6.53. The van der Waals surface area contributed by atoms with Gasteiger partial charge in [-0.1, -0.05) is 154 Å². The summed E-state index contributed by atoms with van der Waals surface area (Å²) in [7, 11) is 0. The van der Waals surface area contributed by atoms with E-state index in [9.17, 15) is 0 Å². The molecule has 1 aliphatic carbocycles. The van der Waals surface area contributed by atoms with Crippen LogP contribution in [0.1, 0.15) is 25.7 Å². The lowest BCUT2D eigenvalue weighted by Crippen LogP contribution is -2.43. The number of benzene rings is 12. The Labute approximate surface area is 535 Å². The summed E-state index contributed by atoms with van der Waals surface area (Å²) >= 11 is 10.8. The Morgan fingerprint density at radius 2 is 0.674 bits per heavy atom. The number of nitrogens with one attached hydrogen (secondary N) is 1. The average Bonchev–Trinajstić information content (AvgIpc) is 1.87. The normalized spacial score (nSPS) is 14.6. The first-order valence-corrected chi connectivity index (χ1v) is 33.4. The van der Waals surface area contributed by atoms with Gasteiger partial charge in [0.05, 0.1) is 22.1 Å². The van der Waals surface area contributed by atoms with E-state index >= 15 is 0 Å². The quantitative estimate of drug-likeness (QED) is 0.160. The van der Waals surface area contributed by atoms with Crippen molar-refractivity contribution in [1.82, 2.24) is 14.1 Å². The Kier molecular flexibility index (Phi) is 13.3. The topological polar surface area (TPSA) is 104 Å². The van der Waals surface area contributed by atoms with E-state index in [1.165, 1.54) is 130 Å². The molecule has 5 N–H and O–H groups in total. The maximum Gasteiger partial charge on any atom is 0.136 e. The van der Waals surface area contributed by atoms with Gasteiger partial charge in [-0.2, -0.15) is 0 Å². The van der Waals surface area contributed by atoms with Crippen molar-refractivity contribution in [3.8, 4) is 11.4 Å². The summed E-state index contributed by atoms with van der Waals surface area (Å²) in [6.07, 6.45) is 4.80. The molecule has 0 aliphatic heterocycles. The van der Waals surface area contributed by atoms with E-state index < -0.39 is 0 Å². The number of halogens is 2. The highest BCUT2D eigenvalue weighted by molar-refractivity contribution is 9.10. The zero-order valence-electron chi connectivity index (χ0n) is 48.0. The van der Waals surface area contributed by atoms with Gasteiger partial charge < -0.3 is 34.4 Å². The number of rotatable bonds is 2. The van der Waals surface area contributed by atoms with Crippen molar-refractivity contribution in [3.05, 3.63) is 252 Å². The van der Waals surface area contributed by atoms with Gasteiger partial charge in [-0.15, -0.1) is 22.7 Å². The van der Waals surface area contributed by atoms with Crippen molar-refractivity contribution in [1.29, 1.82) is 0 Å². The number of aromatic amines is 1. The zero-order valence-corrected chi connectivity index (χ0v) is 52.8. The number of nitrogens with zero attached hydrogens (tertiary/aromatic N) is 2. The molecule has 1 fully saturated rings. The molecule has 19 aromatic rings. The van der Waals surface area contributed by atoms with Gasteiger partial charge in [0.1, 0.15) is 22.3 Å². The van der Waals surface area contributed by atoms with E-state index in [2.05, 4.69) is 277 Å². The molecular weight excluding hydrogens is 1260 g/mol. The number of thiophene rings is 2. The Morgan fingerprint density at radius 1 is 0.326 bits per heavy atom. The average molecular weight is 1320 g/mol. The van der Waals surface area contributed by atoms with Crippen LogP contribution in [0.5, 0.6) is 0 Å². The minimum Gasteiger partial charge on any atom is -0.456 e. The number of aromatic nitrogens is 3. The lowest BCUT2D eigenvalue weighted by molar-refractivity contribution is 0.385. The van der Waals surface area contributed by atoms with Crippen LogP contribution in [0.3, 0.4) is 0 Å². The maximum atomic E-state index is 6.53. The highest BCUT2D eigenvalue weighted by Gasteiger charge is 2.20. The van der Waals surface area contributed by atoms with Crippen LogP contribution in [0.25, 0.3) is 161 Å². The van der Waals surface area contributed by atoms with E-state index in [0.717, 1.165) is 66.0 Å². The molecule has 0 unspecified atom stereocenters. The highest BCUT2D eigenvalue weighted by Crippen LogP contribution is 2.44. The number of fused-ring (bicyclic) bond motifs is 21. The Morgan fingerprint density at radius 3 is 1.16 bits per heavy atom. The van der Waals surface area contributed by atoms with Crippen molar-refractivity contribution in [2.24, 2.45) is 11.5 Å². The lowest BCUT2D eigenvalue weighted by Gasteiger charge is -2.24. The molecule has 7 aromatic heterocycles. The minimum atomic E-state index is 0.281. The summed E-state index contributed by atoms with van der Waals surface area (Å²) in [5, 5.41) is 17.3. The van der Waals surface area contributed by atoms with Gasteiger partial charge in [0.15, 0.2) is 0 Å². The fourth-order valence-corrected chi connectivity index (χ4v) is 16.6. The van der Waals surface area contributed by atoms with Gasteiger partial charge in [0, 0.05) is 138 Å². The summed E-state index contributed by atoms with van der Waals surface area (Å²) in [6.45, 7) is 0. The molecule has 0 radical (unpaired) electrons. The highest BCUT2D eigenvalue weighted by atomic mass is 79.9. The van der Waals surface area contributed by atoms with Gasteiger partial charge in [0.2, 0.25) is 0 Å². The number of furan rings is 2. The zero-order chi connectivity index (χ0) is 59.4. The second-order valence-corrected chi connectivity index (χ2v) is 27.3. The molecule has 89 heavy (non-hydrogen) atoms. The third kappa shape index (κ3) is 9.32. The van der Waals surface area contributed by atoms with Gasteiger partial charge in [0.25, 0.3) is 0 Å². The summed E-state index contributed by atoms with van der Waals surface area (Å²) in [5.41, 5.74) is 24.6. The van der Waals surface area contributed by atoms with Crippen molar-refractivity contribution in [2.75, 3.05) is 0 Å². The first-order valence-electron chi connectivity index (χ1n) is 30.1. The molecule has 12 aromatic carbocycles. The lowest BCUT2D eigenvalue weighted by atomic mass is 9.92. The van der Waals surface area contributed by atoms with E-state index in [-0.39, 0.29) is 12.1 Å². The van der Waals surface area contributed by atoms with E-state index in [0.29, 0.717) is 0 Å². The molecule has 2 atom stereocenters. The molecule has 430 valence electrons. The predicted octanol–water partition coefficient (Wildman–Crippen LogP) is 23.2. The molecule has 0 spiro atoms. The number of hydrogen-bond donors (Lipinski definition) is 3. The van der Waals surface area contributed by atoms with Gasteiger partial charge in [-0.25, -0.2) is 0 Å². The van der Waals surface area contributed by atoms with Gasteiger partial charge in [-0.05, 0) is 146 Å². The van der Waals surface area contributed by atoms with Crippen LogP contribution in [0.2, 0.25) is 0 Å². The van der Waals surface area contributed by atoms with Crippen LogP contribution >= 0.6 is 54.5 Å². The standard InChI is InChI=1S/C42H24N2OS.C18H8Br2OS.C12H9N.C6H14N2/c1-5-13-35-27(9-1)28-10-2-6-14-36(28)43(35)25-17-19-39-31(21-25)32-24-42-34(23-40(32)45-39)33-22-26(18-20-41(33)46-42)44-37-15-7-3-11-29(37)30-12-4-8-16-38(30)44;19-9-1-3-15-11(5-9)12-8-18-14(7-16(12)21-15)13-6-10(20)2-4-17(13)22-18;1-3-7-11-9(5-1)10-6-2-4-8-12(10)13-11;7-5-3-1-2-4-6(5)8/h1-24H;1-8H;1-8,13H;5-6H,1-4,7-8H2/t;;;5-,6-/m...1/s1. The summed E-state index contributed by atoms with van der Waals surface area (Å²) in [6, 6.07) is 87.1. The van der Waals surface area contributed by atoms with Crippen molar-refractivity contribution < 1.29 is 8.83 Å². The Bertz CT molecular complexity index is 5530. The number of hydrogen-bond acceptors (Lipinski definition) is 6. The molecule has 1 saturated carbocycles. The third-order valence-electron chi connectivity index (χ3n) is 18.0. The van der Waals surface area contributed by atoms with Crippen LogP contribution in [0.15, 0.2) is 260 Å². The SMILES string of the molecule is Brc1ccc2oc3cc4c(cc3c2c1)sc1ccc(Br)cc14.N[C@@H]1CCCC[C@H]1N.c1ccc2c(c1)[nH]c1ccccc12.c1ccc2c(c1)c1ccccc1n2-c1ccc2oc3cc4c(cc3c2c1)sc1ccc(-n2c3ccccc3c3ccccc32)cc14. The predicted molar refractivity (Wildman–Crippen MR) is 388 cm³/mol. The fraction of sp³-hybridized carbons (Fsp3) is 0.0769. The first kappa shape index (κ1) is 54.1. The number of para-hydroxylation sites is 6. The third-order valence-corrected chi connectivity index (χ3v) is 21.2. The fourth-order valence-electron chi connectivity index (χ4n) is 13.7. The molecule has 7 heterocycles. The molecule has 1 aliphatic rings. The molecule has 11 heteroatoms. The summed E-state index contributed by atoms with van der Waals surface area (Å²) in [4.78, 5) is 3.38. The molecule has 0 amide bonds. The molecule has 7 nitrogen and oxygen atoms in total. The van der Waals surface area contributed by atoms with E-state index in [1.807, 2.05) is 34.8 Å². The monoisotopic (exact) mass is 1320 g/mol. The van der Waals surface area contributed by atoms with Crippen molar-refractivity contribution >= 4 is 204 Å². The second kappa shape index (κ2) is 21.9. The van der Waals surface area contributed by atoms with Gasteiger partial charge in [-0.3, -0.25) is 0 Å². The number of nitrogens with two attached hydrogens (primary N) is 2. The van der Waals surface area contributed by atoms with Crippen LogP contribution in [-0.2, 0) is 0 Å². The smallest absolute Gasteiger partial charge is 0.136 e.